The van der Waals surface area contributed by atoms with Gasteiger partial charge in [0.25, 0.3) is 0 Å². The van der Waals surface area contributed by atoms with Gasteiger partial charge in [0.15, 0.2) is 8.68 Å². The normalized spacial score (nSPS) is 15.8. The number of primary amides is 1. The van der Waals surface area contributed by atoms with Crippen LogP contribution in [0.25, 0.3) is 0 Å². The number of rotatable bonds is 9. The summed E-state index contributed by atoms with van der Waals surface area (Å²) in [6, 6.07) is 0. The van der Waals surface area contributed by atoms with Gasteiger partial charge in [-0.3, -0.25) is 4.79 Å². The highest BCUT2D eigenvalue weighted by Crippen LogP contribution is 2.33. The SMILES string of the molecule is CCCNC(C)(CC(C)Sc1nnc(SC)s1)C(N)=O. The Bertz CT molecular complexity index is 440. The van der Waals surface area contributed by atoms with E-state index in [2.05, 4.69) is 29.4 Å². The summed E-state index contributed by atoms with van der Waals surface area (Å²) >= 11 is 4.81. The Kier molecular flexibility index (Phi) is 7.28. The van der Waals surface area contributed by atoms with E-state index in [1.807, 2.05) is 13.2 Å². The lowest BCUT2D eigenvalue weighted by atomic mass is 9.95. The standard InChI is InChI=1S/C12H22N4OS3/c1-5-6-14-12(3,9(13)17)7-8(2)19-11-16-15-10(18-4)20-11/h8,14H,5-7H2,1-4H3,(H2,13,17). The molecule has 0 aliphatic rings. The van der Waals surface area contributed by atoms with Crippen LogP contribution in [0.2, 0.25) is 0 Å². The van der Waals surface area contributed by atoms with E-state index in [1.165, 1.54) is 0 Å². The monoisotopic (exact) mass is 334 g/mol. The van der Waals surface area contributed by atoms with Crippen LogP contribution in [0.3, 0.4) is 0 Å². The van der Waals surface area contributed by atoms with Crippen molar-refractivity contribution in [2.75, 3.05) is 12.8 Å². The highest BCUT2D eigenvalue weighted by atomic mass is 32.2. The summed E-state index contributed by atoms with van der Waals surface area (Å²) < 4.78 is 1.89. The molecule has 1 amide bonds. The molecule has 20 heavy (non-hydrogen) atoms. The van der Waals surface area contributed by atoms with Gasteiger partial charge in [-0.2, -0.15) is 0 Å². The van der Waals surface area contributed by atoms with Crippen LogP contribution in [0.4, 0.5) is 0 Å². The van der Waals surface area contributed by atoms with Gasteiger partial charge in [0.1, 0.15) is 0 Å². The summed E-state index contributed by atoms with van der Waals surface area (Å²) in [5, 5.41) is 11.7. The summed E-state index contributed by atoms with van der Waals surface area (Å²) in [5.74, 6) is -0.305. The Balaban J connectivity index is 2.61. The van der Waals surface area contributed by atoms with E-state index in [0.717, 1.165) is 21.6 Å². The lowest BCUT2D eigenvalue weighted by Crippen LogP contribution is -2.54. The van der Waals surface area contributed by atoms with E-state index in [-0.39, 0.29) is 11.2 Å². The lowest BCUT2D eigenvalue weighted by Gasteiger charge is -2.29. The van der Waals surface area contributed by atoms with E-state index in [4.69, 9.17) is 5.73 Å². The molecule has 114 valence electrons. The maximum Gasteiger partial charge on any atom is 0.237 e. The van der Waals surface area contributed by atoms with Crippen molar-refractivity contribution in [3.8, 4) is 0 Å². The first-order chi connectivity index (χ1) is 9.41. The fraction of sp³-hybridized carbons (Fsp3) is 0.750. The molecule has 1 aromatic rings. The van der Waals surface area contributed by atoms with E-state index in [0.29, 0.717) is 6.42 Å². The molecule has 0 bridgehead atoms. The number of carbonyl (C=O) groups excluding carboxylic acids is 1. The first-order valence-corrected chi connectivity index (χ1v) is 9.42. The molecule has 0 saturated carbocycles. The topological polar surface area (TPSA) is 80.9 Å². The summed E-state index contributed by atoms with van der Waals surface area (Å²) in [4.78, 5) is 11.7. The molecule has 5 nitrogen and oxygen atoms in total. The van der Waals surface area contributed by atoms with Crippen LogP contribution in [-0.2, 0) is 4.79 Å². The van der Waals surface area contributed by atoms with Crippen molar-refractivity contribution in [1.82, 2.24) is 15.5 Å². The Labute approximate surface area is 132 Å². The number of nitrogens with zero attached hydrogens (tertiary/aromatic N) is 2. The van der Waals surface area contributed by atoms with Crippen LogP contribution in [0.5, 0.6) is 0 Å². The molecule has 0 saturated heterocycles. The second kappa shape index (κ2) is 8.21. The Morgan fingerprint density at radius 3 is 2.65 bits per heavy atom. The predicted molar refractivity (Wildman–Crippen MR) is 87.5 cm³/mol. The number of nitrogens with two attached hydrogens (primary N) is 1. The van der Waals surface area contributed by atoms with Gasteiger partial charge < -0.3 is 11.1 Å². The van der Waals surface area contributed by atoms with Gasteiger partial charge in [0, 0.05) is 5.25 Å². The number of hydrogen-bond acceptors (Lipinski definition) is 7. The molecule has 0 aliphatic carbocycles. The lowest BCUT2D eigenvalue weighted by molar-refractivity contribution is -0.124. The number of amides is 1. The quantitative estimate of drug-likeness (QED) is 0.675. The first-order valence-electron chi connectivity index (χ1n) is 6.50. The minimum atomic E-state index is -0.671. The second-order valence-corrected chi connectivity index (χ2v) is 8.51. The zero-order valence-corrected chi connectivity index (χ0v) is 14.8. The predicted octanol–water partition coefficient (Wildman–Crippen LogP) is 2.37. The van der Waals surface area contributed by atoms with Crippen molar-refractivity contribution in [3.05, 3.63) is 0 Å². The highest BCUT2D eigenvalue weighted by molar-refractivity contribution is 8.03. The van der Waals surface area contributed by atoms with E-state index < -0.39 is 5.54 Å². The molecule has 2 atom stereocenters. The van der Waals surface area contributed by atoms with Crippen LogP contribution >= 0.6 is 34.9 Å². The number of carbonyl (C=O) groups is 1. The summed E-state index contributed by atoms with van der Waals surface area (Å²) in [5.41, 5.74) is 4.87. The highest BCUT2D eigenvalue weighted by Gasteiger charge is 2.32. The van der Waals surface area contributed by atoms with Gasteiger partial charge in [-0.25, -0.2) is 0 Å². The van der Waals surface area contributed by atoms with Gasteiger partial charge >= 0.3 is 0 Å². The van der Waals surface area contributed by atoms with Crippen LogP contribution in [0, 0.1) is 0 Å². The number of nitrogens with one attached hydrogen (secondary N) is 1. The van der Waals surface area contributed by atoms with Gasteiger partial charge in [-0.1, -0.05) is 48.7 Å². The average molecular weight is 335 g/mol. The summed E-state index contributed by atoms with van der Waals surface area (Å²) in [6.45, 7) is 6.80. The molecule has 2 unspecified atom stereocenters. The molecule has 1 heterocycles. The second-order valence-electron chi connectivity index (χ2n) is 4.79. The van der Waals surface area contributed by atoms with Gasteiger partial charge in [-0.15, -0.1) is 10.2 Å². The minimum Gasteiger partial charge on any atom is -0.368 e. The molecule has 1 rings (SSSR count). The van der Waals surface area contributed by atoms with Gasteiger partial charge in [-0.05, 0) is 32.6 Å². The number of aromatic nitrogens is 2. The van der Waals surface area contributed by atoms with Crippen molar-refractivity contribution in [3.63, 3.8) is 0 Å². The molecule has 0 aliphatic heterocycles. The molecular formula is C12H22N4OS3. The third kappa shape index (κ3) is 5.23. The molecule has 3 N–H and O–H groups in total. The van der Waals surface area contributed by atoms with Crippen LogP contribution < -0.4 is 11.1 Å². The number of thioether (sulfide) groups is 2. The van der Waals surface area contributed by atoms with Crippen LogP contribution in [-0.4, -0.2) is 39.7 Å². The van der Waals surface area contributed by atoms with E-state index in [9.17, 15) is 4.79 Å². The van der Waals surface area contributed by atoms with Crippen molar-refractivity contribution < 1.29 is 4.79 Å². The molecular weight excluding hydrogens is 312 g/mol. The van der Waals surface area contributed by atoms with E-state index >= 15 is 0 Å². The Morgan fingerprint density at radius 2 is 2.15 bits per heavy atom. The molecule has 8 heteroatoms. The van der Waals surface area contributed by atoms with Crippen LogP contribution in [0.15, 0.2) is 8.68 Å². The average Bonchev–Trinajstić information content (AvgIpc) is 2.83. The fourth-order valence-electron chi connectivity index (χ4n) is 1.78. The third-order valence-electron chi connectivity index (χ3n) is 2.87. The molecule has 0 aromatic carbocycles. The zero-order valence-electron chi connectivity index (χ0n) is 12.3. The maximum atomic E-state index is 11.7. The fourth-order valence-corrected chi connectivity index (χ4v) is 4.71. The van der Waals surface area contributed by atoms with Crippen LogP contribution in [0.1, 0.15) is 33.6 Å². The summed E-state index contributed by atoms with van der Waals surface area (Å²) in [6.07, 6.45) is 3.62. The Hall–Kier alpha value is -0.310. The molecule has 0 spiro atoms. The van der Waals surface area contributed by atoms with Crippen molar-refractivity contribution >= 4 is 40.8 Å². The largest absolute Gasteiger partial charge is 0.368 e. The molecule has 0 radical (unpaired) electrons. The first kappa shape index (κ1) is 17.7. The van der Waals surface area contributed by atoms with Crippen molar-refractivity contribution in [2.45, 2.75) is 53.1 Å². The van der Waals surface area contributed by atoms with E-state index in [1.54, 1.807) is 34.9 Å². The molecule has 0 fully saturated rings. The summed E-state index contributed by atoms with van der Waals surface area (Å²) in [7, 11) is 0. The maximum absolute atomic E-state index is 11.7. The Morgan fingerprint density at radius 1 is 1.50 bits per heavy atom. The third-order valence-corrected chi connectivity index (χ3v) is 5.95. The molecule has 1 aromatic heterocycles. The van der Waals surface area contributed by atoms with Crippen molar-refractivity contribution in [1.29, 1.82) is 0 Å². The van der Waals surface area contributed by atoms with Crippen molar-refractivity contribution in [2.24, 2.45) is 5.73 Å². The van der Waals surface area contributed by atoms with Gasteiger partial charge in [0.2, 0.25) is 5.91 Å². The minimum absolute atomic E-state index is 0.236. The van der Waals surface area contributed by atoms with Gasteiger partial charge in [0.05, 0.1) is 5.54 Å². The number of hydrogen-bond donors (Lipinski definition) is 2. The zero-order chi connectivity index (χ0) is 15.2. The smallest absolute Gasteiger partial charge is 0.237 e.